The second kappa shape index (κ2) is 9.89. The highest BCUT2D eigenvalue weighted by Crippen LogP contribution is 2.31. The summed E-state index contributed by atoms with van der Waals surface area (Å²) in [5.41, 5.74) is 3.52. The Kier molecular flexibility index (Phi) is 7.59. The van der Waals surface area contributed by atoms with Crippen molar-refractivity contribution in [1.82, 2.24) is 0 Å². The number of benzene rings is 2. The number of hydrogen-bond acceptors (Lipinski definition) is 5. The van der Waals surface area contributed by atoms with Crippen LogP contribution in [0, 0.1) is 5.82 Å². The number of nitrogens with zero attached hydrogens (tertiary/aromatic N) is 1. The largest absolute Gasteiger partial charge is 0.379 e. The van der Waals surface area contributed by atoms with Gasteiger partial charge in [-0.05, 0) is 70.9 Å². The number of anilines is 3. The van der Waals surface area contributed by atoms with E-state index >= 15 is 4.39 Å². The fourth-order valence-corrected chi connectivity index (χ4v) is 4.70. The van der Waals surface area contributed by atoms with Gasteiger partial charge in [-0.15, -0.1) is 0 Å². The maximum absolute atomic E-state index is 15.3. The SMILES string of the molecule is CCc1c(N2CC(C)OC(C)C2)ccc(NCc2ccc(NS(=O)(=O)C(C)(C)C)cc2)c1F. The van der Waals surface area contributed by atoms with Crippen molar-refractivity contribution in [2.75, 3.05) is 28.0 Å². The molecule has 0 aromatic heterocycles. The van der Waals surface area contributed by atoms with Gasteiger partial charge in [0.25, 0.3) is 0 Å². The minimum absolute atomic E-state index is 0.107. The highest BCUT2D eigenvalue weighted by Gasteiger charge is 2.29. The third-order valence-electron chi connectivity index (χ3n) is 5.83. The lowest BCUT2D eigenvalue weighted by Gasteiger charge is -2.38. The lowest BCUT2D eigenvalue weighted by molar-refractivity contribution is -0.00527. The van der Waals surface area contributed by atoms with Gasteiger partial charge in [0.15, 0.2) is 5.82 Å². The molecule has 2 aromatic rings. The van der Waals surface area contributed by atoms with Crippen molar-refractivity contribution in [1.29, 1.82) is 0 Å². The average Bonchev–Trinajstić information content (AvgIpc) is 2.72. The fourth-order valence-electron chi connectivity index (χ4n) is 3.95. The van der Waals surface area contributed by atoms with Gasteiger partial charge in [-0.1, -0.05) is 19.1 Å². The van der Waals surface area contributed by atoms with Crippen molar-refractivity contribution in [2.45, 2.75) is 71.5 Å². The number of halogens is 1. The smallest absolute Gasteiger partial charge is 0.237 e. The first kappa shape index (κ1) is 25.3. The minimum atomic E-state index is -3.48. The second-order valence-corrected chi connectivity index (χ2v) is 12.1. The van der Waals surface area contributed by atoms with Gasteiger partial charge in [-0.3, -0.25) is 4.72 Å². The van der Waals surface area contributed by atoms with Crippen LogP contribution in [0.2, 0.25) is 0 Å². The van der Waals surface area contributed by atoms with Gasteiger partial charge in [-0.2, -0.15) is 0 Å². The van der Waals surface area contributed by atoms with E-state index in [9.17, 15) is 8.42 Å². The topological polar surface area (TPSA) is 70.7 Å². The van der Waals surface area contributed by atoms with Crippen molar-refractivity contribution in [3.05, 3.63) is 53.3 Å². The van der Waals surface area contributed by atoms with Crippen LogP contribution in [0.4, 0.5) is 21.5 Å². The molecular formula is C25H36FN3O3S. The molecule has 2 aromatic carbocycles. The Balaban J connectivity index is 1.70. The van der Waals surface area contributed by atoms with E-state index in [0.717, 1.165) is 24.3 Å². The second-order valence-electron chi connectivity index (χ2n) is 9.71. The minimum Gasteiger partial charge on any atom is -0.379 e. The van der Waals surface area contributed by atoms with E-state index in [4.69, 9.17) is 4.74 Å². The van der Waals surface area contributed by atoms with Gasteiger partial charge in [0.05, 0.1) is 22.6 Å². The molecule has 33 heavy (non-hydrogen) atoms. The Morgan fingerprint density at radius 3 is 2.21 bits per heavy atom. The van der Waals surface area contributed by atoms with Crippen LogP contribution in [0.3, 0.4) is 0 Å². The first-order valence-corrected chi connectivity index (χ1v) is 13.0. The molecule has 8 heteroatoms. The van der Waals surface area contributed by atoms with Crippen molar-refractivity contribution in [2.24, 2.45) is 0 Å². The van der Waals surface area contributed by atoms with Gasteiger partial charge in [0.1, 0.15) is 0 Å². The number of sulfonamides is 1. The molecule has 6 nitrogen and oxygen atoms in total. The molecule has 0 bridgehead atoms. The van der Waals surface area contributed by atoms with Crippen molar-refractivity contribution >= 4 is 27.1 Å². The first-order valence-electron chi connectivity index (χ1n) is 11.5. The van der Waals surface area contributed by atoms with Gasteiger partial charge < -0.3 is 15.0 Å². The molecule has 182 valence electrons. The summed E-state index contributed by atoms with van der Waals surface area (Å²) in [6.45, 7) is 12.9. The van der Waals surface area contributed by atoms with Gasteiger partial charge >= 0.3 is 0 Å². The molecule has 1 fully saturated rings. The molecular weight excluding hydrogens is 441 g/mol. The van der Waals surface area contributed by atoms with E-state index in [2.05, 4.69) is 14.9 Å². The van der Waals surface area contributed by atoms with Crippen LogP contribution in [0.5, 0.6) is 0 Å². The normalized spacial score (nSPS) is 19.4. The predicted molar refractivity (Wildman–Crippen MR) is 134 cm³/mol. The molecule has 1 aliphatic rings. The quantitative estimate of drug-likeness (QED) is 0.577. The summed E-state index contributed by atoms with van der Waals surface area (Å²) in [4.78, 5) is 2.21. The van der Waals surface area contributed by atoms with Crippen LogP contribution in [-0.4, -0.2) is 38.5 Å². The standard InChI is InChI=1S/C25H36FN3O3S/c1-7-21-23(29-15-17(2)32-18(3)16-29)13-12-22(24(21)26)27-14-19-8-10-20(11-9-19)28-33(30,31)25(4,5)6/h8-13,17-18,27-28H,7,14-16H2,1-6H3. The lowest BCUT2D eigenvalue weighted by Crippen LogP contribution is -2.45. The van der Waals surface area contributed by atoms with Crippen LogP contribution in [0.1, 0.15) is 52.7 Å². The average molecular weight is 478 g/mol. The van der Waals surface area contributed by atoms with Gasteiger partial charge in [0, 0.05) is 36.6 Å². The van der Waals surface area contributed by atoms with Gasteiger partial charge in [0.2, 0.25) is 10.0 Å². The van der Waals surface area contributed by atoms with Crippen LogP contribution < -0.4 is 14.9 Å². The Morgan fingerprint density at radius 2 is 1.67 bits per heavy atom. The molecule has 2 atom stereocenters. The first-order chi connectivity index (χ1) is 15.4. The summed E-state index contributed by atoms with van der Waals surface area (Å²) >= 11 is 0. The Bertz CT molecular complexity index is 1060. The van der Waals surface area contributed by atoms with Crippen LogP contribution in [0.15, 0.2) is 36.4 Å². The zero-order valence-corrected chi connectivity index (χ0v) is 21.2. The summed E-state index contributed by atoms with van der Waals surface area (Å²) < 4.78 is 47.5. The number of nitrogens with one attached hydrogen (secondary N) is 2. The number of rotatable bonds is 7. The molecule has 2 N–H and O–H groups in total. The van der Waals surface area contributed by atoms with Crippen LogP contribution >= 0.6 is 0 Å². The third kappa shape index (κ3) is 5.98. The number of morpholine rings is 1. The summed E-state index contributed by atoms with van der Waals surface area (Å²) in [6, 6.07) is 10.9. The van der Waals surface area contributed by atoms with E-state index in [1.54, 1.807) is 39.0 Å². The van der Waals surface area contributed by atoms with E-state index in [-0.39, 0.29) is 18.0 Å². The zero-order valence-electron chi connectivity index (χ0n) is 20.4. The van der Waals surface area contributed by atoms with Crippen LogP contribution in [0.25, 0.3) is 0 Å². The molecule has 2 unspecified atom stereocenters. The number of hydrogen-bond donors (Lipinski definition) is 2. The van der Waals surface area contributed by atoms with E-state index in [1.165, 1.54) is 0 Å². The number of ether oxygens (including phenoxy) is 1. The molecule has 0 amide bonds. The summed E-state index contributed by atoms with van der Waals surface area (Å²) in [6.07, 6.45) is 0.810. The van der Waals surface area contributed by atoms with Crippen LogP contribution in [-0.2, 0) is 27.7 Å². The Labute approximate surface area is 197 Å². The van der Waals surface area contributed by atoms with Crippen molar-refractivity contribution in [3.63, 3.8) is 0 Å². The molecule has 0 aliphatic carbocycles. The Morgan fingerprint density at radius 1 is 1.06 bits per heavy atom. The molecule has 0 radical (unpaired) electrons. The van der Waals surface area contributed by atoms with E-state index < -0.39 is 14.8 Å². The maximum Gasteiger partial charge on any atom is 0.237 e. The van der Waals surface area contributed by atoms with E-state index in [1.807, 2.05) is 39.0 Å². The Hall–Kier alpha value is -2.32. The predicted octanol–water partition coefficient (Wildman–Crippen LogP) is 5.15. The zero-order chi connectivity index (χ0) is 24.4. The lowest BCUT2D eigenvalue weighted by atomic mass is 10.0. The molecule has 1 heterocycles. The maximum atomic E-state index is 15.3. The molecule has 1 saturated heterocycles. The molecule has 1 aliphatic heterocycles. The highest BCUT2D eigenvalue weighted by atomic mass is 32.2. The summed E-state index contributed by atoms with van der Waals surface area (Å²) in [5, 5.41) is 3.19. The highest BCUT2D eigenvalue weighted by molar-refractivity contribution is 7.94. The van der Waals surface area contributed by atoms with Crippen molar-refractivity contribution in [3.8, 4) is 0 Å². The molecule has 0 spiro atoms. The van der Waals surface area contributed by atoms with Crippen molar-refractivity contribution < 1.29 is 17.5 Å². The van der Waals surface area contributed by atoms with E-state index in [0.29, 0.717) is 29.9 Å². The summed E-state index contributed by atoms with van der Waals surface area (Å²) in [5.74, 6) is -0.226. The molecule has 0 saturated carbocycles. The fraction of sp³-hybridized carbons (Fsp3) is 0.520. The summed E-state index contributed by atoms with van der Waals surface area (Å²) in [7, 11) is -3.48. The van der Waals surface area contributed by atoms with Gasteiger partial charge in [-0.25, -0.2) is 12.8 Å². The third-order valence-corrected chi connectivity index (χ3v) is 7.94. The monoisotopic (exact) mass is 477 g/mol. The molecule has 3 rings (SSSR count).